The zero-order valence-electron chi connectivity index (χ0n) is 8.93. The molecular formula is C9H18O7. The molecule has 1 fully saturated rings. The lowest BCUT2D eigenvalue weighted by atomic mass is 9.99. The van der Waals surface area contributed by atoms with Gasteiger partial charge in [-0.25, -0.2) is 0 Å². The summed E-state index contributed by atoms with van der Waals surface area (Å²) < 4.78 is 10.0. The predicted molar refractivity (Wildman–Crippen MR) is 51.4 cm³/mol. The molecule has 1 saturated heterocycles. The van der Waals surface area contributed by atoms with Gasteiger partial charge < -0.3 is 35.0 Å². The fourth-order valence-electron chi connectivity index (χ4n) is 1.44. The molecule has 1 heterocycles. The van der Waals surface area contributed by atoms with Crippen molar-refractivity contribution in [2.75, 3.05) is 13.2 Å². The van der Waals surface area contributed by atoms with Gasteiger partial charge in [0.05, 0.1) is 19.3 Å². The van der Waals surface area contributed by atoms with Crippen molar-refractivity contribution in [3.63, 3.8) is 0 Å². The largest absolute Gasteiger partial charge is 0.394 e. The molecule has 6 atom stereocenters. The number of ether oxygens (including phenoxy) is 2. The lowest BCUT2D eigenvalue weighted by molar-refractivity contribution is -0.304. The Labute approximate surface area is 92.9 Å². The second-order valence-corrected chi connectivity index (χ2v) is 3.88. The Balaban J connectivity index is 2.56. The predicted octanol–water partition coefficient (Wildman–Crippen LogP) is -2.82. The van der Waals surface area contributed by atoms with Crippen molar-refractivity contribution in [1.82, 2.24) is 0 Å². The molecule has 1 aliphatic rings. The minimum Gasteiger partial charge on any atom is -0.394 e. The van der Waals surface area contributed by atoms with Gasteiger partial charge in [-0.1, -0.05) is 0 Å². The Bertz CT molecular complexity index is 208. The molecule has 7 heteroatoms. The Kier molecular flexibility index (Phi) is 5.06. The molecule has 0 spiro atoms. The summed E-state index contributed by atoms with van der Waals surface area (Å²) in [5, 5.41) is 46.2. The normalized spacial score (nSPS) is 42.0. The van der Waals surface area contributed by atoms with Crippen LogP contribution in [0.2, 0.25) is 0 Å². The molecule has 5 N–H and O–H groups in total. The summed E-state index contributed by atoms with van der Waals surface area (Å²) in [6, 6.07) is 0. The monoisotopic (exact) mass is 238 g/mol. The van der Waals surface area contributed by atoms with Gasteiger partial charge in [-0.3, -0.25) is 0 Å². The molecule has 0 saturated carbocycles. The van der Waals surface area contributed by atoms with Crippen molar-refractivity contribution in [3.05, 3.63) is 0 Å². The second-order valence-electron chi connectivity index (χ2n) is 3.88. The Morgan fingerprint density at radius 3 is 2.31 bits per heavy atom. The van der Waals surface area contributed by atoms with Crippen LogP contribution in [0.5, 0.6) is 0 Å². The molecule has 96 valence electrons. The summed E-state index contributed by atoms with van der Waals surface area (Å²) in [5.41, 5.74) is 0. The molecule has 0 aromatic heterocycles. The Hall–Kier alpha value is -0.280. The number of hydrogen-bond donors (Lipinski definition) is 5. The van der Waals surface area contributed by atoms with E-state index in [0.29, 0.717) is 0 Å². The number of rotatable bonds is 4. The van der Waals surface area contributed by atoms with Crippen LogP contribution in [0.15, 0.2) is 0 Å². The van der Waals surface area contributed by atoms with E-state index in [9.17, 15) is 15.3 Å². The van der Waals surface area contributed by atoms with E-state index < -0.39 is 43.4 Å². The Morgan fingerprint density at radius 2 is 1.81 bits per heavy atom. The fraction of sp³-hybridized carbons (Fsp3) is 1.00. The highest BCUT2D eigenvalue weighted by Crippen LogP contribution is 2.21. The standard InChI is InChI=1S/C9H18O7/c1-4(11)3-15-9-8(14)7(13)6(12)5(2-10)16-9/h4-14H,2-3H2,1H3/t4?,5-,6?,7+,8-,9+/m1/s1. The lowest BCUT2D eigenvalue weighted by Crippen LogP contribution is -2.59. The average molecular weight is 238 g/mol. The Morgan fingerprint density at radius 1 is 1.19 bits per heavy atom. The van der Waals surface area contributed by atoms with E-state index in [-0.39, 0.29) is 6.61 Å². The van der Waals surface area contributed by atoms with Crippen LogP contribution in [0, 0.1) is 0 Å². The van der Waals surface area contributed by atoms with Crippen LogP contribution in [-0.4, -0.2) is 75.6 Å². The first-order valence-electron chi connectivity index (χ1n) is 5.07. The van der Waals surface area contributed by atoms with Gasteiger partial charge in [0, 0.05) is 0 Å². The van der Waals surface area contributed by atoms with Crippen LogP contribution in [0.3, 0.4) is 0 Å². The molecule has 1 rings (SSSR count). The first-order valence-corrected chi connectivity index (χ1v) is 5.07. The molecule has 0 aromatic carbocycles. The first kappa shape index (κ1) is 13.8. The molecule has 7 nitrogen and oxygen atoms in total. The maximum Gasteiger partial charge on any atom is 0.186 e. The van der Waals surface area contributed by atoms with Crippen molar-refractivity contribution in [2.24, 2.45) is 0 Å². The van der Waals surface area contributed by atoms with Gasteiger partial charge in [-0.05, 0) is 6.92 Å². The van der Waals surface area contributed by atoms with E-state index in [4.69, 9.17) is 19.7 Å². The maximum absolute atomic E-state index is 9.51. The summed E-state index contributed by atoms with van der Waals surface area (Å²) in [6.45, 7) is 0.909. The SMILES string of the molecule is CC(O)CO[C@H]1O[C@H](CO)C(O)[C@H](O)[C@H]1O. The van der Waals surface area contributed by atoms with Crippen LogP contribution in [0.4, 0.5) is 0 Å². The molecule has 2 unspecified atom stereocenters. The van der Waals surface area contributed by atoms with Crippen LogP contribution < -0.4 is 0 Å². The summed E-state index contributed by atoms with van der Waals surface area (Å²) in [5.74, 6) is 0. The van der Waals surface area contributed by atoms with E-state index in [0.717, 1.165) is 0 Å². The van der Waals surface area contributed by atoms with Gasteiger partial charge in [0.25, 0.3) is 0 Å². The smallest absolute Gasteiger partial charge is 0.186 e. The molecule has 0 aromatic rings. The summed E-state index contributed by atoms with van der Waals surface area (Å²) in [4.78, 5) is 0. The minimum absolute atomic E-state index is 0.0807. The van der Waals surface area contributed by atoms with Crippen molar-refractivity contribution >= 4 is 0 Å². The van der Waals surface area contributed by atoms with Crippen molar-refractivity contribution in [1.29, 1.82) is 0 Å². The topological polar surface area (TPSA) is 120 Å². The average Bonchev–Trinajstić information content (AvgIpc) is 2.25. The van der Waals surface area contributed by atoms with Crippen molar-refractivity contribution in [2.45, 2.75) is 43.7 Å². The second kappa shape index (κ2) is 5.87. The third-order valence-electron chi connectivity index (χ3n) is 2.35. The fourth-order valence-corrected chi connectivity index (χ4v) is 1.44. The molecular weight excluding hydrogens is 220 g/mol. The van der Waals surface area contributed by atoms with Crippen LogP contribution in [-0.2, 0) is 9.47 Å². The van der Waals surface area contributed by atoms with Gasteiger partial charge in [0.15, 0.2) is 6.29 Å². The van der Waals surface area contributed by atoms with Crippen LogP contribution in [0.25, 0.3) is 0 Å². The van der Waals surface area contributed by atoms with Gasteiger partial charge >= 0.3 is 0 Å². The molecule has 16 heavy (non-hydrogen) atoms. The maximum atomic E-state index is 9.51. The van der Waals surface area contributed by atoms with Crippen LogP contribution >= 0.6 is 0 Å². The van der Waals surface area contributed by atoms with Gasteiger partial charge in [-0.15, -0.1) is 0 Å². The summed E-state index contributed by atoms with van der Waals surface area (Å²) >= 11 is 0. The van der Waals surface area contributed by atoms with Gasteiger partial charge in [-0.2, -0.15) is 0 Å². The van der Waals surface area contributed by atoms with E-state index in [1.165, 1.54) is 6.92 Å². The molecule has 1 aliphatic heterocycles. The molecule has 0 bridgehead atoms. The van der Waals surface area contributed by atoms with E-state index in [1.807, 2.05) is 0 Å². The van der Waals surface area contributed by atoms with Gasteiger partial charge in [0.2, 0.25) is 0 Å². The molecule has 0 radical (unpaired) electrons. The third-order valence-corrected chi connectivity index (χ3v) is 2.35. The minimum atomic E-state index is -1.45. The number of aliphatic hydroxyl groups is 5. The quantitative estimate of drug-likeness (QED) is 0.358. The highest BCUT2D eigenvalue weighted by molar-refractivity contribution is 4.88. The highest BCUT2D eigenvalue weighted by atomic mass is 16.7. The van der Waals surface area contributed by atoms with Crippen LogP contribution in [0.1, 0.15) is 6.92 Å². The summed E-state index contributed by atoms with van der Waals surface area (Å²) in [6.07, 6.45) is -7.18. The summed E-state index contributed by atoms with van der Waals surface area (Å²) in [7, 11) is 0. The molecule has 0 aliphatic carbocycles. The lowest BCUT2D eigenvalue weighted by Gasteiger charge is -2.39. The highest BCUT2D eigenvalue weighted by Gasteiger charge is 2.43. The van der Waals surface area contributed by atoms with E-state index in [2.05, 4.69) is 0 Å². The number of aliphatic hydroxyl groups excluding tert-OH is 5. The van der Waals surface area contributed by atoms with E-state index >= 15 is 0 Å². The van der Waals surface area contributed by atoms with E-state index in [1.54, 1.807) is 0 Å². The zero-order valence-corrected chi connectivity index (χ0v) is 8.93. The molecule has 0 amide bonds. The van der Waals surface area contributed by atoms with Gasteiger partial charge in [0.1, 0.15) is 24.4 Å². The van der Waals surface area contributed by atoms with Crippen molar-refractivity contribution < 1.29 is 35.0 Å². The zero-order chi connectivity index (χ0) is 12.3. The number of hydrogen-bond acceptors (Lipinski definition) is 7. The van der Waals surface area contributed by atoms with Crippen molar-refractivity contribution in [3.8, 4) is 0 Å². The third kappa shape index (κ3) is 3.11. The first-order chi connectivity index (χ1) is 7.47.